The van der Waals surface area contributed by atoms with Gasteiger partial charge in [-0.1, -0.05) is 19.0 Å². The first-order valence-corrected chi connectivity index (χ1v) is 7.47. The number of amides is 1. The normalized spacial score (nSPS) is 18.4. The van der Waals surface area contributed by atoms with Crippen molar-refractivity contribution >= 4 is 5.91 Å². The molecule has 0 radical (unpaired) electrons. The quantitative estimate of drug-likeness (QED) is 0.815. The average molecular weight is 296 g/mol. The minimum atomic E-state index is -0.200. The molecule has 1 aliphatic heterocycles. The Bertz CT molecular complexity index is 455. The molecule has 1 aromatic rings. The minimum absolute atomic E-state index is 0.0802. The number of nitrogens with one attached hydrogen (secondary N) is 1. The van der Waals surface area contributed by atoms with Crippen LogP contribution < -0.4 is 5.32 Å². The molecule has 2 heterocycles. The zero-order valence-electron chi connectivity index (χ0n) is 13.0. The molecule has 1 saturated heterocycles. The van der Waals surface area contributed by atoms with E-state index < -0.39 is 0 Å². The highest BCUT2D eigenvalue weighted by Crippen LogP contribution is 2.21. The first-order chi connectivity index (χ1) is 10.1. The average Bonchev–Trinajstić information content (AvgIpc) is 3.11. The Morgan fingerprint density at radius 2 is 2.38 bits per heavy atom. The molecule has 1 N–H and O–H groups in total. The van der Waals surface area contributed by atoms with E-state index in [4.69, 9.17) is 9.26 Å². The summed E-state index contributed by atoms with van der Waals surface area (Å²) in [6.45, 7) is 6.75. The van der Waals surface area contributed by atoms with E-state index in [1.54, 1.807) is 12.0 Å². The lowest BCUT2D eigenvalue weighted by Crippen LogP contribution is -2.37. The third-order valence-electron chi connectivity index (χ3n) is 3.43. The highest BCUT2D eigenvalue weighted by molar-refractivity contribution is 5.90. The van der Waals surface area contributed by atoms with E-state index in [1.165, 1.54) is 0 Å². The third-order valence-corrected chi connectivity index (χ3v) is 3.43. The van der Waals surface area contributed by atoms with Gasteiger partial charge in [-0.25, -0.2) is 0 Å². The molecular weight excluding hydrogens is 272 g/mol. The Balaban J connectivity index is 2.04. The molecule has 7 nitrogen and oxygen atoms in total. The van der Waals surface area contributed by atoms with Crippen molar-refractivity contribution < 1.29 is 14.1 Å². The number of ether oxygens (including phenoxy) is 1. The van der Waals surface area contributed by atoms with Crippen LogP contribution in [0.15, 0.2) is 4.52 Å². The monoisotopic (exact) mass is 296 g/mol. The predicted octanol–water partition coefficient (Wildman–Crippen LogP) is 1.24. The first-order valence-electron chi connectivity index (χ1n) is 7.47. The standard InChI is InChI=1S/C14H24N4O3/c1-10(2)9-18(7-8-20-3)14(19)12-16-13(21-17-12)11-5-4-6-15-11/h10-11,15H,4-9H2,1-3H3. The molecule has 0 bridgehead atoms. The molecule has 21 heavy (non-hydrogen) atoms. The van der Waals surface area contributed by atoms with Crippen molar-refractivity contribution in [3.05, 3.63) is 11.7 Å². The van der Waals surface area contributed by atoms with Gasteiger partial charge in [0, 0.05) is 20.2 Å². The van der Waals surface area contributed by atoms with Crippen LogP contribution in [-0.4, -0.2) is 54.3 Å². The Morgan fingerprint density at radius 1 is 1.57 bits per heavy atom. The molecule has 1 amide bonds. The Labute approximate surface area is 125 Å². The van der Waals surface area contributed by atoms with Crippen molar-refractivity contribution in [2.24, 2.45) is 5.92 Å². The molecule has 118 valence electrons. The van der Waals surface area contributed by atoms with Gasteiger partial charge in [0.1, 0.15) is 0 Å². The molecule has 2 rings (SSSR count). The van der Waals surface area contributed by atoms with Crippen LogP contribution >= 0.6 is 0 Å². The summed E-state index contributed by atoms with van der Waals surface area (Å²) >= 11 is 0. The van der Waals surface area contributed by atoms with Crippen molar-refractivity contribution in [1.29, 1.82) is 0 Å². The molecule has 1 aromatic heterocycles. The van der Waals surface area contributed by atoms with Crippen LogP contribution in [-0.2, 0) is 4.74 Å². The highest BCUT2D eigenvalue weighted by Gasteiger charge is 2.26. The van der Waals surface area contributed by atoms with Gasteiger partial charge >= 0.3 is 0 Å². The lowest BCUT2D eigenvalue weighted by Gasteiger charge is -2.22. The van der Waals surface area contributed by atoms with Gasteiger partial charge in [0.15, 0.2) is 0 Å². The highest BCUT2D eigenvalue weighted by atomic mass is 16.5. The summed E-state index contributed by atoms with van der Waals surface area (Å²) in [6.07, 6.45) is 2.05. The Kier molecular flexibility index (Phi) is 5.69. The van der Waals surface area contributed by atoms with Crippen LogP contribution in [0.2, 0.25) is 0 Å². The van der Waals surface area contributed by atoms with Crippen molar-refractivity contribution in [2.75, 3.05) is 33.4 Å². The largest absolute Gasteiger partial charge is 0.383 e. The third kappa shape index (κ3) is 4.25. The smallest absolute Gasteiger partial charge is 0.295 e. The van der Waals surface area contributed by atoms with Gasteiger partial charge in [0.05, 0.1) is 12.6 Å². The van der Waals surface area contributed by atoms with Crippen molar-refractivity contribution in [1.82, 2.24) is 20.4 Å². The number of hydrogen-bond acceptors (Lipinski definition) is 6. The van der Waals surface area contributed by atoms with E-state index in [9.17, 15) is 4.79 Å². The van der Waals surface area contributed by atoms with Gasteiger partial charge in [0.2, 0.25) is 5.89 Å². The molecule has 1 unspecified atom stereocenters. The Hall–Kier alpha value is -1.47. The van der Waals surface area contributed by atoms with Gasteiger partial charge in [0.25, 0.3) is 11.7 Å². The van der Waals surface area contributed by atoms with Crippen molar-refractivity contribution in [3.63, 3.8) is 0 Å². The second-order valence-corrected chi connectivity index (χ2v) is 5.74. The Morgan fingerprint density at radius 3 is 3.00 bits per heavy atom. The van der Waals surface area contributed by atoms with Gasteiger partial charge in [-0.2, -0.15) is 4.98 Å². The molecule has 0 saturated carbocycles. The number of hydrogen-bond donors (Lipinski definition) is 1. The van der Waals surface area contributed by atoms with Gasteiger partial charge < -0.3 is 19.5 Å². The molecule has 1 atom stereocenters. The van der Waals surface area contributed by atoms with E-state index in [1.807, 2.05) is 0 Å². The topological polar surface area (TPSA) is 80.5 Å². The SMILES string of the molecule is COCCN(CC(C)C)C(=O)c1noc(C2CCCN2)n1. The van der Waals surface area contributed by atoms with E-state index in [0.29, 0.717) is 31.5 Å². The fourth-order valence-electron chi connectivity index (χ4n) is 2.42. The van der Waals surface area contributed by atoms with Crippen LogP contribution in [0.4, 0.5) is 0 Å². The number of aromatic nitrogens is 2. The number of nitrogens with zero attached hydrogens (tertiary/aromatic N) is 3. The molecule has 0 aromatic carbocycles. The fraction of sp³-hybridized carbons (Fsp3) is 0.786. The summed E-state index contributed by atoms with van der Waals surface area (Å²) in [4.78, 5) is 18.4. The predicted molar refractivity (Wildman–Crippen MR) is 76.9 cm³/mol. The van der Waals surface area contributed by atoms with E-state index in [0.717, 1.165) is 19.4 Å². The number of carbonyl (C=O) groups is 1. The van der Waals surface area contributed by atoms with E-state index in [-0.39, 0.29) is 17.8 Å². The number of methoxy groups -OCH3 is 1. The second-order valence-electron chi connectivity index (χ2n) is 5.74. The summed E-state index contributed by atoms with van der Waals surface area (Å²) in [5, 5.41) is 7.12. The molecule has 7 heteroatoms. The zero-order valence-corrected chi connectivity index (χ0v) is 13.0. The van der Waals surface area contributed by atoms with Gasteiger partial charge in [-0.05, 0) is 25.3 Å². The maximum Gasteiger partial charge on any atom is 0.295 e. The number of rotatable bonds is 7. The van der Waals surface area contributed by atoms with E-state index >= 15 is 0 Å². The van der Waals surface area contributed by atoms with Gasteiger partial charge in [-0.15, -0.1) is 0 Å². The lowest BCUT2D eigenvalue weighted by atomic mass is 10.2. The van der Waals surface area contributed by atoms with Crippen LogP contribution in [0.3, 0.4) is 0 Å². The van der Waals surface area contributed by atoms with E-state index in [2.05, 4.69) is 29.3 Å². The summed E-state index contributed by atoms with van der Waals surface area (Å²) < 4.78 is 10.3. The number of carbonyl (C=O) groups excluding carboxylic acids is 1. The van der Waals surface area contributed by atoms with Crippen LogP contribution in [0, 0.1) is 5.92 Å². The van der Waals surface area contributed by atoms with Crippen molar-refractivity contribution in [3.8, 4) is 0 Å². The molecular formula is C14H24N4O3. The summed E-state index contributed by atoms with van der Waals surface area (Å²) in [5.74, 6) is 0.810. The molecule has 1 fully saturated rings. The van der Waals surface area contributed by atoms with Crippen LogP contribution in [0.5, 0.6) is 0 Å². The summed E-state index contributed by atoms with van der Waals surface area (Å²) in [6, 6.07) is 0.0802. The summed E-state index contributed by atoms with van der Waals surface area (Å²) in [5.41, 5.74) is 0. The zero-order chi connectivity index (χ0) is 15.2. The second kappa shape index (κ2) is 7.51. The minimum Gasteiger partial charge on any atom is -0.383 e. The van der Waals surface area contributed by atoms with Crippen LogP contribution in [0.25, 0.3) is 0 Å². The molecule has 0 spiro atoms. The first kappa shape index (κ1) is 15.9. The van der Waals surface area contributed by atoms with Crippen LogP contribution in [0.1, 0.15) is 49.2 Å². The molecule has 0 aliphatic carbocycles. The maximum atomic E-state index is 12.5. The lowest BCUT2D eigenvalue weighted by molar-refractivity contribution is 0.0657. The van der Waals surface area contributed by atoms with Gasteiger partial charge in [-0.3, -0.25) is 4.79 Å². The maximum absolute atomic E-state index is 12.5. The molecule has 1 aliphatic rings. The fourth-order valence-corrected chi connectivity index (χ4v) is 2.42. The summed E-state index contributed by atoms with van der Waals surface area (Å²) in [7, 11) is 1.62. The van der Waals surface area contributed by atoms with Crippen molar-refractivity contribution in [2.45, 2.75) is 32.7 Å².